The van der Waals surface area contributed by atoms with Crippen LogP contribution in [0.2, 0.25) is 0 Å². The number of amides is 1. The number of nitrogens with zero attached hydrogens (tertiary/aromatic N) is 3. The van der Waals surface area contributed by atoms with Crippen LogP contribution < -0.4 is 0 Å². The normalized spacial score (nSPS) is 36.1. The number of halogens is 3. The molecule has 1 amide bonds. The number of hydrogen-bond acceptors (Lipinski definition) is 5. The summed E-state index contributed by atoms with van der Waals surface area (Å²) in [5, 5.41) is 0. The zero-order chi connectivity index (χ0) is 23.5. The van der Waals surface area contributed by atoms with Crippen LogP contribution in [0.5, 0.6) is 0 Å². The Hall–Kier alpha value is -1.71. The van der Waals surface area contributed by atoms with E-state index in [4.69, 9.17) is 9.47 Å². The third-order valence-corrected chi connectivity index (χ3v) is 9.04. The summed E-state index contributed by atoms with van der Waals surface area (Å²) in [6.07, 6.45) is 2.95. The molecule has 4 fully saturated rings. The van der Waals surface area contributed by atoms with Crippen molar-refractivity contribution in [2.75, 3.05) is 32.9 Å². The van der Waals surface area contributed by atoms with Crippen molar-refractivity contribution in [1.82, 2.24) is 14.8 Å². The molecular formula is C25H32F3N3O3. The molecule has 5 atom stereocenters. The first-order valence-electron chi connectivity index (χ1n) is 12.6. The lowest BCUT2D eigenvalue weighted by Crippen LogP contribution is -2.58. The molecule has 4 heterocycles. The van der Waals surface area contributed by atoms with Crippen molar-refractivity contribution in [2.24, 2.45) is 11.3 Å². The third kappa shape index (κ3) is 3.75. The molecule has 186 valence electrons. The lowest BCUT2D eigenvalue weighted by molar-refractivity contribution is -0.149. The summed E-state index contributed by atoms with van der Waals surface area (Å²) in [4.78, 5) is 22.5. The molecule has 1 aromatic rings. The number of aromatic nitrogens is 1. The monoisotopic (exact) mass is 479 g/mol. The number of rotatable bonds is 2. The van der Waals surface area contributed by atoms with Crippen molar-refractivity contribution >= 4 is 5.91 Å². The van der Waals surface area contributed by atoms with E-state index in [0.29, 0.717) is 55.4 Å². The van der Waals surface area contributed by atoms with Crippen LogP contribution in [0.3, 0.4) is 0 Å². The Kier molecular flexibility index (Phi) is 5.65. The number of fused-ring (bicyclic) bond motifs is 3. The summed E-state index contributed by atoms with van der Waals surface area (Å²) >= 11 is 0. The third-order valence-electron chi connectivity index (χ3n) is 9.04. The highest BCUT2D eigenvalue weighted by Crippen LogP contribution is 2.57. The van der Waals surface area contributed by atoms with Crippen molar-refractivity contribution < 1.29 is 27.4 Å². The molecule has 5 aliphatic rings. The fraction of sp³-hybridized carbons (Fsp3) is 0.760. The van der Waals surface area contributed by atoms with Gasteiger partial charge < -0.3 is 14.4 Å². The Balaban J connectivity index is 1.21. The van der Waals surface area contributed by atoms with Gasteiger partial charge in [0.2, 0.25) is 5.91 Å². The average molecular weight is 480 g/mol. The van der Waals surface area contributed by atoms with Gasteiger partial charge in [0.05, 0.1) is 30.3 Å². The molecule has 34 heavy (non-hydrogen) atoms. The van der Waals surface area contributed by atoms with Crippen molar-refractivity contribution in [2.45, 2.75) is 75.9 Å². The average Bonchev–Trinajstić information content (AvgIpc) is 3.40. The molecule has 0 bridgehead atoms. The van der Waals surface area contributed by atoms with Crippen LogP contribution in [0, 0.1) is 11.3 Å². The first kappa shape index (κ1) is 22.7. The Bertz CT molecular complexity index is 955. The van der Waals surface area contributed by atoms with Crippen LogP contribution in [0.15, 0.2) is 12.3 Å². The number of ether oxygens (including phenoxy) is 2. The van der Waals surface area contributed by atoms with E-state index < -0.39 is 11.7 Å². The van der Waals surface area contributed by atoms with E-state index in [2.05, 4.69) is 9.88 Å². The highest BCUT2D eigenvalue weighted by molar-refractivity contribution is 5.84. The summed E-state index contributed by atoms with van der Waals surface area (Å²) in [6, 6.07) is 1.90. The van der Waals surface area contributed by atoms with Gasteiger partial charge in [-0.15, -0.1) is 0 Å². The summed E-state index contributed by atoms with van der Waals surface area (Å²) in [6.45, 7) is 3.74. The minimum absolute atomic E-state index is 0.114. The maximum Gasteiger partial charge on any atom is 0.417 e. The quantitative estimate of drug-likeness (QED) is 0.651. The molecule has 9 heteroatoms. The number of carbonyl (C=O) groups excluding carboxylic acids is 1. The van der Waals surface area contributed by atoms with Gasteiger partial charge in [0.1, 0.15) is 0 Å². The molecule has 0 N–H and O–H groups in total. The predicted octanol–water partition coefficient (Wildman–Crippen LogP) is 3.42. The number of alkyl halides is 3. The number of pyridine rings is 1. The lowest BCUT2D eigenvalue weighted by atomic mass is 9.78. The molecule has 6 rings (SSSR count). The molecule has 2 saturated carbocycles. The van der Waals surface area contributed by atoms with Crippen molar-refractivity contribution in [1.29, 1.82) is 0 Å². The van der Waals surface area contributed by atoms with Gasteiger partial charge in [-0.2, -0.15) is 13.2 Å². The van der Waals surface area contributed by atoms with Gasteiger partial charge in [0.25, 0.3) is 0 Å². The lowest BCUT2D eigenvalue weighted by Gasteiger charge is -2.46. The number of morpholine rings is 1. The fourth-order valence-electron chi connectivity index (χ4n) is 7.45. The highest BCUT2D eigenvalue weighted by Gasteiger charge is 2.58. The van der Waals surface area contributed by atoms with Crippen LogP contribution in [-0.4, -0.2) is 71.8 Å². The Labute approximate surface area is 197 Å². The Morgan fingerprint density at radius 2 is 2.09 bits per heavy atom. The van der Waals surface area contributed by atoms with Crippen LogP contribution >= 0.6 is 0 Å². The van der Waals surface area contributed by atoms with Gasteiger partial charge in [0, 0.05) is 56.6 Å². The van der Waals surface area contributed by atoms with E-state index in [1.54, 1.807) is 0 Å². The zero-order valence-corrected chi connectivity index (χ0v) is 19.4. The molecule has 0 aromatic carbocycles. The predicted molar refractivity (Wildman–Crippen MR) is 117 cm³/mol. The number of hydrogen-bond donors (Lipinski definition) is 0. The van der Waals surface area contributed by atoms with Crippen LogP contribution in [0.25, 0.3) is 0 Å². The van der Waals surface area contributed by atoms with Gasteiger partial charge in [-0.05, 0) is 49.7 Å². The standard InChI is InChI=1S/C25H32F3N3O3/c26-25(27,28)18-10-16-14-30(6-3-20(16)29-13-18)23(32)24-5-1-2-17(24)11-19(12-24)31-7-9-34-22-15-33-8-4-21(22)31/h10,13,17,19,21-22H,1-9,11-12,14-15H2/t17-,19+,21+,22-,24-/m1/s1. The van der Waals surface area contributed by atoms with E-state index in [9.17, 15) is 18.0 Å². The van der Waals surface area contributed by atoms with Crippen molar-refractivity contribution in [3.63, 3.8) is 0 Å². The fourth-order valence-corrected chi connectivity index (χ4v) is 7.45. The van der Waals surface area contributed by atoms with Crippen molar-refractivity contribution in [3.8, 4) is 0 Å². The second-order valence-corrected chi connectivity index (χ2v) is 10.7. The second kappa shape index (κ2) is 8.45. The molecule has 6 nitrogen and oxygen atoms in total. The Morgan fingerprint density at radius 3 is 2.94 bits per heavy atom. The summed E-state index contributed by atoms with van der Waals surface area (Å²) in [5.74, 6) is 0.504. The number of carbonyl (C=O) groups is 1. The molecule has 0 radical (unpaired) electrons. The SMILES string of the molecule is O=C(N1CCc2ncc(C(F)(F)F)cc2C1)[C@@]12CCC[C@@H]1C[C@H](N1CCO[C@@H]3COCC[C@@H]31)C2. The van der Waals surface area contributed by atoms with Crippen LogP contribution in [0.4, 0.5) is 13.2 Å². The Morgan fingerprint density at radius 1 is 1.21 bits per heavy atom. The maximum atomic E-state index is 14.0. The van der Waals surface area contributed by atoms with Gasteiger partial charge in [-0.3, -0.25) is 14.7 Å². The van der Waals surface area contributed by atoms with Crippen LogP contribution in [0.1, 0.15) is 55.3 Å². The maximum absolute atomic E-state index is 14.0. The van der Waals surface area contributed by atoms with E-state index in [0.717, 1.165) is 57.9 Å². The van der Waals surface area contributed by atoms with Gasteiger partial charge in [0.15, 0.2) is 0 Å². The molecule has 2 aliphatic carbocycles. The molecule has 1 aromatic heterocycles. The van der Waals surface area contributed by atoms with Gasteiger partial charge in [-0.25, -0.2) is 0 Å². The van der Waals surface area contributed by atoms with Crippen LogP contribution in [-0.2, 0) is 33.4 Å². The van der Waals surface area contributed by atoms with E-state index >= 15 is 0 Å². The smallest absolute Gasteiger partial charge is 0.379 e. The molecular weight excluding hydrogens is 447 g/mol. The van der Waals surface area contributed by atoms with Gasteiger partial charge >= 0.3 is 6.18 Å². The van der Waals surface area contributed by atoms with Crippen molar-refractivity contribution in [3.05, 3.63) is 29.1 Å². The topological polar surface area (TPSA) is 54.9 Å². The molecule has 0 spiro atoms. The first-order valence-corrected chi connectivity index (χ1v) is 12.6. The zero-order valence-electron chi connectivity index (χ0n) is 19.4. The molecule has 3 aliphatic heterocycles. The minimum Gasteiger partial charge on any atom is -0.379 e. The van der Waals surface area contributed by atoms with E-state index in [1.807, 2.05) is 4.90 Å². The minimum atomic E-state index is -4.43. The van der Waals surface area contributed by atoms with E-state index in [-0.39, 0.29) is 24.0 Å². The van der Waals surface area contributed by atoms with E-state index in [1.165, 1.54) is 6.07 Å². The summed E-state index contributed by atoms with van der Waals surface area (Å²) in [7, 11) is 0. The second-order valence-electron chi connectivity index (χ2n) is 10.7. The highest BCUT2D eigenvalue weighted by atomic mass is 19.4. The largest absolute Gasteiger partial charge is 0.417 e. The summed E-state index contributed by atoms with van der Waals surface area (Å²) < 4.78 is 51.3. The first-order chi connectivity index (χ1) is 16.3. The summed E-state index contributed by atoms with van der Waals surface area (Å²) in [5.41, 5.74) is 0.0986. The molecule has 2 saturated heterocycles. The van der Waals surface area contributed by atoms with Gasteiger partial charge in [-0.1, -0.05) is 6.42 Å². The molecule has 0 unspecified atom stereocenters.